The second-order valence-corrected chi connectivity index (χ2v) is 3.78. The zero-order valence-corrected chi connectivity index (χ0v) is 11.0. The Bertz CT molecular complexity index is 396. The van der Waals surface area contributed by atoms with E-state index in [9.17, 15) is 13.2 Å². The largest absolute Gasteiger partial charge is 0.416 e. The number of anilines is 2. The first kappa shape index (κ1) is 15.6. The van der Waals surface area contributed by atoms with E-state index in [1.54, 1.807) is 6.92 Å². The highest BCUT2D eigenvalue weighted by Crippen LogP contribution is 2.31. The lowest BCUT2D eigenvalue weighted by atomic mass is 10.2. The first-order valence-corrected chi connectivity index (χ1v) is 6.12. The number of rotatable bonds is 7. The first-order chi connectivity index (χ1) is 8.97. The van der Waals surface area contributed by atoms with Crippen LogP contribution in [-0.2, 0) is 10.9 Å². The summed E-state index contributed by atoms with van der Waals surface area (Å²) >= 11 is 0. The standard InChI is InChI=1S/C12H18F3N3O/c1-3-16-10-7-9(12(13,14)15)8-11(18-10)17-5-6-19-4-2/h7-8H,3-6H2,1-2H3,(H2,16,17,18). The Morgan fingerprint density at radius 2 is 1.79 bits per heavy atom. The van der Waals surface area contributed by atoms with E-state index in [4.69, 9.17) is 4.74 Å². The van der Waals surface area contributed by atoms with E-state index in [1.165, 1.54) is 0 Å². The molecule has 2 N–H and O–H groups in total. The molecule has 0 aromatic carbocycles. The predicted octanol–water partition coefficient (Wildman–Crippen LogP) is 2.98. The molecule has 1 aromatic rings. The number of nitrogens with one attached hydrogen (secondary N) is 2. The maximum Gasteiger partial charge on any atom is 0.416 e. The summed E-state index contributed by atoms with van der Waals surface area (Å²) in [5, 5.41) is 5.59. The molecular formula is C12H18F3N3O. The molecule has 0 fully saturated rings. The molecule has 0 saturated carbocycles. The Morgan fingerprint density at radius 3 is 2.32 bits per heavy atom. The number of hydrogen-bond acceptors (Lipinski definition) is 4. The van der Waals surface area contributed by atoms with Crippen molar-refractivity contribution in [1.29, 1.82) is 0 Å². The zero-order valence-electron chi connectivity index (χ0n) is 11.0. The number of ether oxygens (including phenoxy) is 1. The number of nitrogens with zero attached hydrogens (tertiary/aromatic N) is 1. The van der Waals surface area contributed by atoms with Gasteiger partial charge in [-0.15, -0.1) is 0 Å². The Hall–Kier alpha value is -1.50. The Kier molecular flexibility index (Phi) is 5.88. The molecule has 0 radical (unpaired) electrons. The highest BCUT2D eigenvalue weighted by atomic mass is 19.4. The van der Waals surface area contributed by atoms with Crippen molar-refractivity contribution in [2.75, 3.05) is 36.9 Å². The van der Waals surface area contributed by atoms with E-state index in [0.717, 1.165) is 12.1 Å². The van der Waals surface area contributed by atoms with Gasteiger partial charge >= 0.3 is 6.18 Å². The highest BCUT2D eigenvalue weighted by molar-refractivity contribution is 5.49. The van der Waals surface area contributed by atoms with Gasteiger partial charge in [0.05, 0.1) is 12.2 Å². The highest BCUT2D eigenvalue weighted by Gasteiger charge is 2.31. The molecule has 4 nitrogen and oxygen atoms in total. The van der Waals surface area contributed by atoms with E-state index < -0.39 is 11.7 Å². The van der Waals surface area contributed by atoms with Crippen LogP contribution in [0.3, 0.4) is 0 Å². The smallest absolute Gasteiger partial charge is 0.380 e. The van der Waals surface area contributed by atoms with Gasteiger partial charge in [-0.25, -0.2) is 4.98 Å². The second kappa shape index (κ2) is 7.18. The Morgan fingerprint density at radius 1 is 1.16 bits per heavy atom. The average molecular weight is 277 g/mol. The summed E-state index contributed by atoms with van der Waals surface area (Å²) in [4.78, 5) is 4.06. The molecule has 0 unspecified atom stereocenters. The summed E-state index contributed by atoms with van der Waals surface area (Å²) in [6.45, 7) is 5.56. The van der Waals surface area contributed by atoms with Crippen molar-refractivity contribution in [3.63, 3.8) is 0 Å². The number of hydrogen-bond donors (Lipinski definition) is 2. The molecule has 7 heteroatoms. The molecule has 1 rings (SSSR count). The summed E-state index contributed by atoms with van der Waals surface area (Å²) < 4.78 is 43.3. The lowest BCUT2D eigenvalue weighted by Crippen LogP contribution is -2.13. The fourth-order valence-electron chi connectivity index (χ4n) is 1.45. The molecular weight excluding hydrogens is 259 g/mol. The van der Waals surface area contributed by atoms with Crippen LogP contribution in [0.2, 0.25) is 0 Å². The quantitative estimate of drug-likeness (QED) is 0.752. The number of alkyl halides is 3. The molecule has 0 spiro atoms. The SMILES string of the molecule is CCNc1cc(C(F)(F)F)cc(NCCOCC)n1. The maximum atomic E-state index is 12.7. The molecule has 1 aromatic heterocycles. The molecule has 0 bridgehead atoms. The third-order valence-corrected chi connectivity index (χ3v) is 2.27. The van der Waals surface area contributed by atoms with Crippen LogP contribution in [0.1, 0.15) is 19.4 Å². The first-order valence-electron chi connectivity index (χ1n) is 6.12. The molecule has 0 aliphatic carbocycles. The molecule has 0 aliphatic heterocycles. The minimum Gasteiger partial charge on any atom is -0.380 e. The van der Waals surface area contributed by atoms with E-state index in [2.05, 4.69) is 15.6 Å². The van der Waals surface area contributed by atoms with Gasteiger partial charge in [0.1, 0.15) is 11.6 Å². The fourth-order valence-corrected chi connectivity index (χ4v) is 1.45. The van der Waals surface area contributed by atoms with Gasteiger partial charge in [0.25, 0.3) is 0 Å². The van der Waals surface area contributed by atoms with E-state index in [0.29, 0.717) is 26.3 Å². The van der Waals surface area contributed by atoms with Crippen LogP contribution in [0.15, 0.2) is 12.1 Å². The number of halogens is 3. The van der Waals surface area contributed by atoms with Gasteiger partial charge in [-0.05, 0) is 26.0 Å². The second-order valence-electron chi connectivity index (χ2n) is 3.78. The van der Waals surface area contributed by atoms with Crippen molar-refractivity contribution < 1.29 is 17.9 Å². The van der Waals surface area contributed by atoms with Crippen molar-refractivity contribution in [3.05, 3.63) is 17.7 Å². The molecule has 0 aliphatic rings. The summed E-state index contributed by atoms with van der Waals surface area (Å²) in [5.74, 6) is 0.390. The lowest BCUT2D eigenvalue weighted by Gasteiger charge is -2.13. The van der Waals surface area contributed by atoms with Gasteiger partial charge in [0.2, 0.25) is 0 Å². The van der Waals surface area contributed by atoms with Crippen molar-refractivity contribution >= 4 is 11.6 Å². The molecule has 19 heavy (non-hydrogen) atoms. The van der Waals surface area contributed by atoms with Gasteiger partial charge in [-0.1, -0.05) is 0 Å². The van der Waals surface area contributed by atoms with Crippen LogP contribution in [0, 0.1) is 0 Å². The van der Waals surface area contributed by atoms with Gasteiger partial charge in [0, 0.05) is 19.7 Å². The van der Waals surface area contributed by atoms with E-state index >= 15 is 0 Å². The van der Waals surface area contributed by atoms with Gasteiger partial charge in [-0.3, -0.25) is 0 Å². The minimum atomic E-state index is -4.39. The zero-order chi connectivity index (χ0) is 14.3. The molecule has 0 saturated heterocycles. The summed E-state index contributed by atoms with van der Waals surface area (Å²) in [7, 11) is 0. The van der Waals surface area contributed by atoms with Crippen molar-refractivity contribution in [3.8, 4) is 0 Å². The fraction of sp³-hybridized carbons (Fsp3) is 0.583. The summed E-state index contributed by atoms with van der Waals surface area (Å²) in [6.07, 6.45) is -4.39. The lowest BCUT2D eigenvalue weighted by molar-refractivity contribution is -0.137. The maximum absolute atomic E-state index is 12.7. The van der Waals surface area contributed by atoms with Crippen LogP contribution in [-0.4, -0.2) is 31.3 Å². The Balaban J connectivity index is 2.81. The molecule has 1 heterocycles. The average Bonchev–Trinajstić information content (AvgIpc) is 2.34. The van der Waals surface area contributed by atoms with E-state index in [-0.39, 0.29) is 11.6 Å². The topological polar surface area (TPSA) is 46.2 Å². The Labute approximate surface area is 110 Å². The monoisotopic (exact) mass is 277 g/mol. The van der Waals surface area contributed by atoms with Crippen LogP contribution >= 0.6 is 0 Å². The summed E-state index contributed by atoms with van der Waals surface area (Å²) in [6, 6.07) is 1.99. The predicted molar refractivity (Wildman–Crippen MR) is 68.4 cm³/mol. The van der Waals surface area contributed by atoms with Gasteiger partial charge in [0.15, 0.2) is 0 Å². The van der Waals surface area contributed by atoms with Gasteiger partial charge in [-0.2, -0.15) is 13.2 Å². The van der Waals surface area contributed by atoms with Crippen molar-refractivity contribution in [2.24, 2.45) is 0 Å². The van der Waals surface area contributed by atoms with Gasteiger partial charge < -0.3 is 15.4 Å². The third kappa shape index (κ3) is 5.34. The minimum absolute atomic E-state index is 0.186. The molecule has 0 atom stereocenters. The third-order valence-electron chi connectivity index (χ3n) is 2.27. The number of pyridine rings is 1. The van der Waals surface area contributed by atoms with Crippen LogP contribution in [0.4, 0.5) is 24.8 Å². The molecule has 108 valence electrons. The van der Waals surface area contributed by atoms with E-state index in [1.807, 2.05) is 6.92 Å². The summed E-state index contributed by atoms with van der Waals surface area (Å²) in [5.41, 5.74) is -0.725. The van der Waals surface area contributed by atoms with Crippen molar-refractivity contribution in [1.82, 2.24) is 4.98 Å². The molecule has 0 amide bonds. The van der Waals surface area contributed by atoms with Crippen LogP contribution in [0.25, 0.3) is 0 Å². The van der Waals surface area contributed by atoms with Crippen molar-refractivity contribution in [2.45, 2.75) is 20.0 Å². The van der Waals surface area contributed by atoms with Crippen LogP contribution in [0.5, 0.6) is 0 Å². The normalized spacial score (nSPS) is 11.4. The van der Waals surface area contributed by atoms with Crippen LogP contribution < -0.4 is 10.6 Å². The number of aromatic nitrogens is 1.